The molecule has 0 saturated heterocycles. The second-order valence-corrected chi connectivity index (χ2v) is 6.46. The van der Waals surface area contributed by atoms with E-state index in [4.69, 9.17) is 0 Å². The molecule has 0 aromatic heterocycles. The van der Waals surface area contributed by atoms with E-state index in [2.05, 4.69) is 38.3 Å². The van der Waals surface area contributed by atoms with E-state index in [1.54, 1.807) is 0 Å². The molecule has 0 unspecified atom stereocenters. The van der Waals surface area contributed by atoms with E-state index in [-0.39, 0.29) is 5.54 Å². The molecule has 2 N–H and O–H groups in total. The molecule has 1 aliphatic carbocycles. The Morgan fingerprint density at radius 3 is 2.31 bits per heavy atom. The SMILES string of the molecule is CCCC1(CNCCCNC(C)(C)C)CC1. The predicted molar refractivity (Wildman–Crippen MR) is 71.8 cm³/mol. The normalized spacial score (nSPS) is 18.8. The fourth-order valence-electron chi connectivity index (χ4n) is 2.25. The summed E-state index contributed by atoms with van der Waals surface area (Å²) in [5.41, 5.74) is 0.964. The number of rotatable bonds is 8. The molecule has 1 fully saturated rings. The molecular weight excluding hydrogens is 196 g/mol. The minimum absolute atomic E-state index is 0.264. The van der Waals surface area contributed by atoms with Crippen LogP contribution in [0.3, 0.4) is 0 Å². The van der Waals surface area contributed by atoms with Gasteiger partial charge in [-0.15, -0.1) is 0 Å². The van der Waals surface area contributed by atoms with Crippen LogP contribution in [0.5, 0.6) is 0 Å². The summed E-state index contributed by atoms with van der Waals surface area (Å²) in [6.45, 7) is 12.5. The Bertz CT molecular complexity index is 189. The lowest BCUT2D eigenvalue weighted by molar-refractivity contribution is 0.397. The van der Waals surface area contributed by atoms with Gasteiger partial charge in [0.2, 0.25) is 0 Å². The highest BCUT2D eigenvalue weighted by Crippen LogP contribution is 2.48. The van der Waals surface area contributed by atoms with Crippen LogP contribution in [0.4, 0.5) is 0 Å². The minimum atomic E-state index is 0.264. The van der Waals surface area contributed by atoms with Gasteiger partial charge in [0.15, 0.2) is 0 Å². The Balaban J connectivity index is 1.92. The van der Waals surface area contributed by atoms with Gasteiger partial charge in [0.05, 0.1) is 0 Å². The van der Waals surface area contributed by atoms with Crippen LogP contribution in [0.25, 0.3) is 0 Å². The molecule has 0 atom stereocenters. The van der Waals surface area contributed by atoms with Gasteiger partial charge < -0.3 is 10.6 Å². The molecule has 0 spiro atoms. The Morgan fingerprint density at radius 2 is 1.81 bits per heavy atom. The van der Waals surface area contributed by atoms with Crippen molar-refractivity contribution in [3.8, 4) is 0 Å². The molecule has 16 heavy (non-hydrogen) atoms. The maximum Gasteiger partial charge on any atom is 0.00965 e. The zero-order chi connectivity index (χ0) is 12.1. The lowest BCUT2D eigenvalue weighted by atomic mass is 10.0. The second kappa shape index (κ2) is 6.02. The van der Waals surface area contributed by atoms with Gasteiger partial charge in [-0.2, -0.15) is 0 Å². The first-order valence-corrected chi connectivity index (χ1v) is 6.93. The Labute approximate surface area is 102 Å². The van der Waals surface area contributed by atoms with Crippen LogP contribution >= 0.6 is 0 Å². The summed E-state index contributed by atoms with van der Waals surface area (Å²) in [5.74, 6) is 0. The zero-order valence-corrected chi connectivity index (χ0v) is 11.7. The summed E-state index contributed by atoms with van der Waals surface area (Å²) >= 11 is 0. The summed E-state index contributed by atoms with van der Waals surface area (Å²) in [6, 6.07) is 0. The van der Waals surface area contributed by atoms with E-state index in [1.807, 2.05) is 0 Å². The van der Waals surface area contributed by atoms with Crippen molar-refractivity contribution in [2.45, 2.75) is 65.3 Å². The van der Waals surface area contributed by atoms with Gasteiger partial charge in [0.25, 0.3) is 0 Å². The molecule has 1 rings (SSSR count). The summed E-state index contributed by atoms with van der Waals surface area (Å²) in [6.07, 6.45) is 6.90. The zero-order valence-electron chi connectivity index (χ0n) is 11.7. The van der Waals surface area contributed by atoms with E-state index in [0.717, 1.165) is 13.1 Å². The monoisotopic (exact) mass is 226 g/mol. The Kier molecular flexibility index (Phi) is 5.26. The third-order valence-corrected chi connectivity index (χ3v) is 3.42. The smallest absolute Gasteiger partial charge is 0.00965 e. The van der Waals surface area contributed by atoms with Crippen LogP contribution in [0, 0.1) is 5.41 Å². The molecule has 2 heteroatoms. The lowest BCUT2D eigenvalue weighted by Gasteiger charge is -2.21. The highest BCUT2D eigenvalue weighted by Gasteiger charge is 2.40. The Hall–Kier alpha value is -0.0800. The third-order valence-electron chi connectivity index (χ3n) is 3.42. The first kappa shape index (κ1) is 14.0. The average molecular weight is 226 g/mol. The fourth-order valence-corrected chi connectivity index (χ4v) is 2.25. The third kappa shape index (κ3) is 5.86. The number of hydrogen-bond donors (Lipinski definition) is 2. The number of hydrogen-bond acceptors (Lipinski definition) is 2. The van der Waals surface area contributed by atoms with Gasteiger partial charge in [-0.05, 0) is 65.0 Å². The fraction of sp³-hybridized carbons (Fsp3) is 1.00. The highest BCUT2D eigenvalue weighted by molar-refractivity contribution is 4.94. The summed E-state index contributed by atoms with van der Waals surface area (Å²) in [4.78, 5) is 0. The molecule has 2 nitrogen and oxygen atoms in total. The maximum atomic E-state index is 3.62. The van der Waals surface area contributed by atoms with Gasteiger partial charge in [-0.1, -0.05) is 13.3 Å². The van der Waals surface area contributed by atoms with Gasteiger partial charge in [0.1, 0.15) is 0 Å². The van der Waals surface area contributed by atoms with Crippen molar-refractivity contribution in [1.29, 1.82) is 0 Å². The molecule has 0 amide bonds. The van der Waals surface area contributed by atoms with Crippen molar-refractivity contribution in [3.05, 3.63) is 0 Å². The van der Waals surface area contributed by atoms with Crippen LogP contribution in [0.1, 0.15) is 59.8 Å². The topological polar surface area (TPSA) is 24.1 Å². The summed E-state index contributed by atoms with van der Waals surface area (Å²) in [7, 11) is 0. The molecule has 0 bridgehead atoms. The standard InChI is InChI=1S/C14H30N2/c1-5-7-14(8-9-14)12-15-10-6-11-16-13(2,3)4/h15-16H,5-12H2,1-4H3. The molecule has 1 aliphatic rings. The molecule has 0 aliphatic heterocycles. The van der Waals surface area contributed by atoms with Gasteiger partial charge in [0, 0.05) is 12.1 Å². The van der Waals surface area contributed by atoms with Crippen molar-refractivity contribution in [2.75, 3.05) is 19.6 Å². The van der Waals surface area contributed by atoms with Crippen LogP contribution in [-0.4, -0.2) is 25.2 Å². The highest BCUT2D eigenvalue weighted by atomic mass is 15.0. The molecule has 0 heterocycles. The average Bonchev–Trinajstić information content (AvgIpc) is 2.91. The second-order valence-electron chi connectivity index (χ2n) is 6.46. The molecule has 0 aromatic rings. The van der Waals surface area contributed by atoms with Crippen LogP contribution in [0.2, 0.25) is 0 Å². The van der Waals surface area contributed by atoms with E-state index < -0.39 is 0 Å². The first-order chi connectivity index (χ1) is 7.47. The molecule has 0 aromatic carbocycles. The van der Waals surface area contributed by atoms with E-state index in [0.29, 0.717) is 5.41 Å². The van der Waals surface area contributed by atoms with E-state index >= 15 is 0 Å². The minimum Gasteiger partial charge on any atom is -0.316 e. The molecule has 0 radical (unpaired) electrons. The van der Waals surface area contributed by atoms with Crippen molar-refractivity contribution < 1.29 is 0 Å². The molecule has 1 saturated carbocycles. The maximum absolute atomic E-state index is 3.62. The van der Waals surface area contributed by atoms with Crippen molar-refractivity contribution in [2.24, 2.45) is 5.41 Å². The quantitative estimate of drug-likeness (QED) is 0.622. The molecular formula is C14H30N2. The number of nitrogens with one attached hydrogen (secondary N) is 2. The van der Waals surface area contributed by atoms with Crippen molar-refractivity contribution in [3.63, 3.8) is 0 Å². The van der Waals surface area contributed by atoms with Gasteiger partial charge >= 0.3 is 0 Å². The van der Waals surface area contributed by atoms with Gasteiger partial charge in [-0.3, -0.25) is 0 Å². The van der Waals surface area contributed by atoms with E-state index in [9.17, 15) is 0 Å². The van der Waals surface area contributed by atoms with Crippen LogP contribution < -0.4 is 10.6 Å². The van der Waals surface area contributed by atoms with E-state index in [1.165, 1.54) is 38.6 Å². The van der Waals surface area contributed by atoms with Crippen LogP contribution in [-0.2, 0) is 0 Å². The first-order valence-electron chi connectivity index (χ1n) is 6.93. The van der Waals surface area contributed by atoms with Crippen molar-refractivity contribution >= 4 is 0 Å². The van der Waals surface area contributed by atoms with Gasteiger partial charge in [-0.25, -0.2) is 0 Å². The lowest BCUT2D eigenvalue weighted by Crippen LogP contribution is -2.37. The largest absolute Gasteiger partial charge is 0.316 e. The summed E-state index contributed by atoms with van der Waals surface area (Å²) < 4.78 is 0. The predicted octanol–water partition coefficient (Wildman–Crippen LogP) is 2.93. The van der Waals surface area contributed by atoms with Crippen LogP contribution in [0.15, 0.2) is 0 Å². The van der Waals surface area contributed by atoms with Crippen molar-refractivity contribution in [1.82, 2.24) is 10.6 Å². The summed E-state index contributed by atoms with van der Waals surface area (Å²) in [5, 5.41) is 7.14. The Morgan fingerprint density at radius 1 is 1.12 bits per heavy atom. The molecule has 96 valence electrons.